The quantitative estimate of drug-likeness (QED) is 0.561. The van der Waals surface area contributed by atoms with E-state index in [-0.39, 0.29) is 19.5 Å². The Labute approximate surface area is 62.2 Å². The first-order chi connectivity index (χ1) is 1.73. The van der Waals surface area contributed by atoms with Crippen molar-refractivity contribution in [1.29, 1.82) is 0 Å². The molecule has 0 amide bonds. The Balaban J connectivity index is 0. The van der Waals surface area contributed by atoms with Gasteiger partial charge in [0.05, 0.1) is 0 Å². The number of rotatable bonds is 0. The van der Waals surface area contributed by atoms with Gasteiger partial charge in [0.25, 0.3) is 0 Å². The molecule has 0 saturated heterocycles. The normalized spacial score (nSPS) is 7.20. The first-order valence-corrected chi connectivity index (χ1v) is 13.3. The summed E-state index contributed by atoms with van der Waals surface area (Å²) in [6.45, 7) is 0. The van der Waals surface area contributed by atoms with Crippen molar-refractivity contribution in [3.63, 3.8) is 0 Å². The van der Waals surface area contributed by atoms with Gasteiger partial charge in [0, 0.05) is 19.5 Å². The predicted molar refractivity (Wildman–Crippen MR) is 23.3 cm³/mol. The third kappa shape index (κ3) is 21.6. The van der Waals surface area contributed by atoms with Crippen LogP contribution in [0.25, 0.3) is 0 Å². The summed E-state index contributed by atoms with van der Waals surface area (Å²) < 4.78 is 0. The van der Waals surface area contributed by atoms with Crippen molar-refractivity contribution in [2.24, 2.45) is 0 Å². The molecule has 0 rings (SSSR count). The third-order valence-electron chi connectivity index (χ3n) is 0. The largest absolute Gasteiger partial charge is 0 e. The monoisotopic (exact) mass is 378 g/mol. The van der Waals surface area contributed by atoms with Crippen LogP contribution in [0.1, 0.15) is 0 Å². The van der Waals surface area contributed by atoms with E-state index in [1.165, 1.54) is 0 Å². The SMILES string of the molecule is [Cl][Bi]([Cl])[Cl].[Zn]. The molecule has 0 bridgehead atoms. The molecule has 0 aliphatic carbocycles. The van der Waals surface area contributed by atoms with Gasteiger partial charge in [0.2, 0.25) is 0 Å². The van der Waals surface area contributed by atoms with Gasteiger partial charge >= 0.3 is 43.7 Å². The molecule has 0 aromatic heterocycles. The van der Waals surface area contributed by atoms with Crippen molar-refractivity contribution in [2.75, 3.05) is 0 Å². The molecule has 0 aromatic carbocycles. The van der Waals surface area contributed by atoms with Crippen LogP contribution in [0.4, 0.5) is 0 Å². The van der Waals surface area contributed by atoms with Crippen LogP contribution < -0.4 is 0 Å². The first kappa shape index (κ1) is 10.4. The van der Waals surface area contributed by atoms with Crippen molar-refractivity contribution >= 4 is 43.7 Å². The van der Waals surface area contributed by atoms with Gasteiger partial charge in [-0.05, 0) is 0 Å². The molecule has 0 aliphatic rings. The van der Waals surface area contributed by atoms with Crippen LogP contribution in [0.2, 0.25) is 0 Å². The summed E-state index contributed by atoms with van der Waals surface area (Å²) in [6, 6.07) is 0. The molecule has 0 N–H and O–H groups in total. The second kappa shape index (κ2) is 6.38. The van der Waals surface area contributed by atoms with Crippen LogP contribution in [0.5, 0.6) is 0 Å². The average molecular weight is 381 g/mol. The maximum Gasteiger partial charge on any atom is 0 e. The maximum absolute atomic E-state index is 5.01. The van der Waals surface area contributed by atoms with Crippen LogP contribution in [-0.4, -0.2) is 18.2 Å². The summed E-state index contributed by atoms with van der Waals surface area (Å²) in [7, 11) is 15.0. The van der Waals surface area contributed by atoms with Crippen molar-refractivity contribution in [2.45, 2.75) is 0 Å². The van der Waals surface area contributed by atoms with Gasteiger partial charge in [-0.3, -0.25) is 0 Å². The molecule has 0 heterocycles. The van der Waals surface area contributed by atoms with Crippen LogP contribution in [0, 0.1) is 0 Å². The molecule has 28 valence electrons. The van der Waals surface area contributed by atoms with Crippen molar-refractivity contribution in [3.05, 3.63) is 0 Å². The van der Waals surface area contributed by atoms with E-state index in [0.717, 1.165) is 0 Å². The van der Waals surface area contributed by atoms with Crippen LogP contribution >= 0.6 is 25.5 Å². The molecule has 0 atom stereocenters. The molecular weight excluding hydrogens is 381 g/mol. The standard InChI is InChI=1S/Bi.3ClH.Zn/h;3*1H;/q+3;;;;/p-3. The Morgan fingerprint density at radius 3 is 1.00 bits per heavy atom. The zero-order chi connectivity index (χ0) is 3.58. The second-order valence-electron chi connectivity index (χ2n) is 0.192. The zero-order valence-corrected chi connectivity index (χ0v) is 11.0. The van der Waals surface area contributed by atoms with E-state index in [1.54, 1.807) is 0 Å². The predicted octanol–water partition coefficient (Wildman–Crippen LogP) is 1.69. The fraction of sp³-hybridized carbons (Fsp3) is 0. The van der Waals surface area contributed by atoms with Gasteiger partial charge in [-0.15, -0.1) is 0 Å². The number of hydrogen-bond acceptors (Lipinski definition) is 0. The minimum Gasteiger partial charge on any atom is 0 e. The van der Waals surface area contributed by atoms with E-state index in [0.29, 0.717) is 0 Å². The summed E-state index contributed by atoms with van der Waals surface area (Å²) in [4.78, 5) is 0. The second-order valence-corrected chi connectivity index (χ2v) is 15.1. The number of hydrogen-bond donors (Lipinski definition) is 0. The molecule has 5 heavy (non-hydrogen) atoms. The van der Waals surface area contributed by atoms with E-state index in [4.69, 9.17) is 25.5 Å². The van der Waals surface area contributed by atoms with Crippen LogP contribution in [-0.2, 0) is 19.5 Å². The Kier molecular flexibility index (Phi) is 13.2. The smallest absolute Gasteiger partial charge is 0 e. The summed E-state index contributed by atoms with van der Waals surface area (Å²) in [5, 5.41) is 0. The summed E-state index contributed by atoms with van der Waals surface area (Å²) in [6.07, 6.45) is 0. The van der Waals surface area contributed by atoms with E-state index < -0.39 is 18.2 Å². The molecule has 0 radical (unpaired) electrons. The molecule has 5 heteroatoms. The zero-order valence-electron chi connectivity index (χ0n) is 2.29. The molecule has 0 aromatic rings. The van der Waals surface area contributed by atoms with E-state index >= 15 is 0 Å². The molecule has 0 unspecified atom stereocenters. The minimum absolute atomic E-state index is 0. The molecule has 0 saturated carbocycles. The topological polar surface area (TPSA) is 0 Å². The summed E-state index contributed by atoms with van der Waals surface area (Å²) in [5.41, 5.74) is 0. The van der Waals surface area contributed by atoms with Gasteiger partial charge in [-0.2, -0.15) is 0 Å². The Morgan fingerprint density at radius 1 is 1.00 bits per heavy atom. The molecule has 0 aliphatic heterocycles. The summed E-state index contributed by atoms with van der Waals surface area (Å²) >= 11 is -2.18. The van der Waals surface area contributed by atoms with Gasteiger partial charge in [0.15, 0.2) is 0 Å². The maximum atomic E-state index is 5.01. The Bertz CT molecular complexity index is 11.6. The van der Waals surface area contributed by atoms with Gasteiger partial charge in [-0.1, -0.05) is 0 Å². The average Bonchev–Trinajstić information content (AvgIpc) is 0.811. The fourth-order valence-electron chi connectivity index (χ4n) is 0. The molecule has 0 fully saturated rings. The van der Waals surface area contributed by atoms with E-state index in [2.05, 4.69) is 0 Å². The van der Waals surface area contributed by atoms with Crippen LogP contribution in [0.15, 0.2) is 0 Å². The third-order valence-corrected chi connectivity index (χ3v) is 0. The van der Waals surface area contributed by atoms with Gasteiger partial charge in [0.1, 0.15) is 0 Å². The summed E-state index contributed by atoms with van der Waals surface area (Å²) in [5.74, 6) is 0. The van der Waals surface area contributed by atoms with Gasteiger partial charge < -0.3 is 0 Å². The van der Waals surface area contributed by atoms with Crippen molar-refractivity contribution in [3.8, 4) is 0 Å². The van der Waals surface area contributed by atoms with Gasteiger partial charge in [-0.25, -0.2) is 0 Å². The Morgan fingerprint density at radius 2 is 1.00 bits per heavy atom. The molecule has 0 spiro atoms. The first-order valence-electron chi connectivity index (χ1n) is 0.507. The van der Waals surface area contributed by atoms with Crippen molar-refractivity contribution < 1.29 is 19.5 Å². The van der Waals surface area contributed by atoms with Crippen molar-refractivity contribution in [1.82, 2.24) is 0 Å². The van der Waals surface area contributed by atoms with E-state index in [9.17, 15) is 0 Å². The fourth-order valence-corrected chi connectivity index (χ4v) is 0. The van der Waals surface area contributed by atoms with E-state index in [1.807, 2.05) is 0 Å². The minimum atomic E-state index is -2.18. The Hall–Kier alpha value is 2.38. The van der Waals surface area contributed by atoms with Crippen LogP contribution in [0.3, 0.4) is 0 Å². The molecular formula is BiCl3Zn. The molecule has 0 nitrogen and oxygen atoms in total. The number of halogens is 3.